The van der Waals surface area contributed by atoms with Crippen LogP contribution in [0.4, 0.5) is 0 Å². The number of likely N-dealkylation sites (N-methyl/N-ethyl adjacent to an activating group) is 1. The molecule has 0 rings (SSSR count). The molecule has 3 nitrogen and oxygen atoms in total. The van der Waals surface area contributed by atoms with Crippen molar-refractivity contribution in [2.45, 2.75) is 0 Å². The summed E-state index contributed by atoms with van der Waals surface area (Å²) in [6.45, 7) is -0.396. The van der Waals surface area contributed by atoms with Crippen LogP contribution in [0.5, 0.6) is 0 Å². The molecule has 0 spiro atoms. The van der Waals surface area contributed by atoms with Gasteiger partial charge >= 0.3 is 0 Å². The number of aliphatic hydroxyl groups is 1. The van der Waals surface area contributed by atoms with Crippen LogP contribution in [0.3, 0.4) is 0 Å². The zero-order chi connectivity index (χ0) is 5.86. The Morgan fingerprint density at radius 2 is 2.00 bits per heavy atom. The maximum absolute atomic E-state index is 10.2. The van der Waals surface area contributed by atoms with Gasteiger partial charge in [-0.15, -0.1) is 12.4 Å². The van der Waals surface area contributed by atoms with Gasteiger partial charge in [0.1, 0.15) is 6.61 Å². The maximum Gasteiger partial charge on any atom is 0.247 e. The van der Waals surface area contributed by atoms with Gasteiger partial charge in [0.25, 0.3) is 0 Å². The van der Waals surface area contributed by atoms with Crippen molar-refractivity contribution in [2.75, 3.05) is 20.7 Å². The van der Waals surface area contributed by atoms with Crippen molar-refractivity contribution in [3.8, 4) is 0 Å². The van der Waals surface area contributed by atoms with Gasteiger partial charge in [-0.2, -0.15) is 0 Å². The van der Waals surface area contributed by atoms with Crippen molar-refractivity contribution in [1.82, 2.24) is 4.90 Å². The van der Waals surface area contributed by atoms with E-state index in [2.05, 4.69) is 0 Å². The molecule has 0 bridgehead atoms. The van der Waals surface area contributed by atoms with E-state index in [9.17, 15) is 4.79 Å². The predicted molar refractivity (Wildman–Crippen MR) is 33.0 cm³/mol. The minimum absolute atomic E-state index is 0. The normalized spacial score (nSPS) is 7.38. The second-order valence-corrected chi connectivity index (χ2v) is 1.45. The standard InChI is InChI=1S/C4H9NO2.ClH/c1-5(2)4(7)3-6;/h6H,3H2,1-2H3;1H. The summed E-state index contributed by atoms with van der Waals surface area (Å²) in [6, 6.07) is 0. The third-order valence-electron chi connectivity index (χ3n) is 0.634. The molecule has 0 fully saturated rings. The van der Waals surface area contributed by atoms with Crippen LogP contribution in [0.15, 0.2) is 0 Å². The Bertz CT molecular complexity index is 74.4. The Labute approximate surface area is 54.7 Å². The molecule has 0 heterocycles. The van der Waals surface area contributed by atoms with Crippen LogP contribution in [0.1, 0.15) is 0 Å². The number of halogens is 1. The number of aliphatic hydroxyl groups excluding tert-OH is 1. The third kappa shape index (κ3) is 3.89. The maximum atomic E-state index is 10.2. The van der Waals surface area contributed by atoms with Crippen LogP contribution in [-0.4, -0.2) is 36.6 Å². The van der Waals surface area contributed by atoms with Gasteiger partial charge in [0.2, 0.25) is 5.91 Å². The quantitative estimate of drug-likeness (QED) is 0.532. The molecule has 0 aromatic carbocycles. The van der Waals surface area contributed by atoms with E-state index in [1.54, 1.807) is 14.1 Å². The molecule has 0 unspecified atom stereocenters. The predicted octanol–water partition coefficient (Wildman–Crippen LogP) is -0.511. The lowest BCUT2D eigenvalue weighted by Crippen LogP contribution is -2.24. The largest absolute Gasteiger partial charge is 0.387 e. The van der Waals surface area contributed by atoms with Crippen LogP contribution in [-0.2, 0) is 4.79 Å². The molecule has 0 radical (unpaired) electrons. The second-order valence-electron chi connectivity index (χ2n) is 1.45. The lowest BCUT2D eigenvalue weighted by molar-refractivity contribution is -0.131. The van der Waals surface area contributed by atoms with E-state index in [0.29, 0.717) is 0 Å². The molecule has 0 saturated carbocycles. The molecule has 4 heteroatoms. The summed E-state index contributed by atoms with van der Waals surface area (Å²) in [6.07, 6.45) is 0. The first-order valence-electron chi connectivity index (χ1n) is 1.99. The smallest absolute Gasteiger partial charge is 0.247 e. The van der Waals surface area contributed by atoms with Crippen molar-refractivity contribution < 1.29 is 9.90 Å². The van der Waals surface area contributed by atoms with Crippen molar-refractivity contribution in [2.24, 2.45) is 0 Å². The lowest BCUT2D eigenvalue weighted by atomic mass is 10.6. The second kappa shape index (κ2) is 4.87. The van der Waals surface area contributed by atoms with Crippen LogP contribution in [0, 0.1) is 0 Å². The summed E-state index contributed by atoms with van der Waals surface area (Å²) >= 11 is 0. The van der Waals surface area contributed by atoms with Crippen LogP contribution < -0.4 is 0 Å². The number of rotatable bonds is 1. The van der Waals surface area contributed by atoms with Gasteiger partial charge in [-0.3, -0.25) is 4.79 Å². The third-order valence-corrected chi connectivity index (χ3v) is 0.634. The Balaban J connectivity index is 0. The number of hydrogen-bond donors (Lipinski definition) is 1. The van der Waals surface area contributed by atoms with E-state index in [4.69, 9.17) is 5.11 Å². The first-order valence-corrected chi connectivity index (χ1v) is 1.99. The molecule has 0 aliphatic heterocycles. The van der Waals surface area contributed by atoms with E-state index in [1.807, 2.05) is 0 Å². The zero-order valence-corrected chi connectivity index (χ0v) is 5.73. The monoisotopic (exact) mass is 139 g/mol. The van der Waals surface area contributed by atoms with Gasteiger partial charge in [-0.05, 0) is 0 Å². The highest BCUT2D eigenvalue weighted by Crippen LogP contribution is 1.71. The molecule has 50 valence electrons. The summed E-state index contributed by atoms with van der Waals surface area (Å²) in [5, 5.41) is 8.11. The Kier molecular flexibility index (Phi) is 6.48. The van der Waals surface area contributed by atoms with Gasteiger partial charge < -0.3 is 10.0 Å². The fourth-order valence-corrected chi connectivity index (χ4v) is 0.141. The van der Waals surface area contributed by atoms with Gasteiger partial charge in [0, 0.05) is 14.1 Å². The Hall–Kier alpha value is -0.280. The average Bonchev–Trinajstić information content (AvgIpc) is 1.65. The highest BCUT2D eigenvalue weighted by atomic mass is 35.5. The van der Waals surface area contributed by atoms with Crippen molar-refractivity contribution in [1.29, 1.82) is 0 Å². The minimum atomic E-state index is -0.396. The first-order chi connectivity index (χ1) is 3.18. The molecule has 0 atom stereocenters. The molecule has 0 aromatic rings. The van der Waals surface area contributed by atoms with Crippen molar-refractivity contribution in [3.63, 3.8) is 0 Å². The average molecular weight is 140 g/mol. The summed E-state index contributed by atoms with van der Waals surface area (Å²) < 4.78 is 0. The fourth-order valence-electron chi connectivity index (χ4n) is 0.141. The molecule has 0 aliphatic carbocycles. The first kappa shape index (κ1) is 10.7. The molecule has 8 heavy (non-hydrogen) atoms. The number of hydrogen-bond acceptors (Lipinski definition) is 2. The minimum Gasteiger partial charge on any atom is -0.387 e. The van der Waals surface area contributed by atoms with Crippen molar-refractivity contribution >= 4 is 18.3 Å². The van der Waals surface area contributed by atoms with Gasteiger partial charge in [0.05, 0.1) is 0 Å². The highest BCUT2D eigenvalue weighted by molar-refractivity contribution is 5.85. The highest BCUT2D eigenvalue weighted by Gasteiger charge is 1.96. The van der Waals surface area contributed by atoms with Crippen LogP contribution >= 0.6 is 12.4 Å². The summed E-state index contributed by atoms with van der Waals surface area (Å²) in [4.78, 5) is 11.5. The molecule has 1 N–H and O–H groups in total. The van der Waals surface area contributed by atoms with Crippen LogP contribution in [0.2, 0.25) is 0 Å². The summed E-state index contributed by atoms with van der Waals surface area (Å²) in [5.41, 5.74) is 0. The topological polar surface area (TPSA) is 40.5 Å². The Morgan fingerprint density at radius 3 is 2.00 bits per heavy atom. The number of nitrogens with zero attached hydrogens (tertiary/aromatic N) is 1. The summed E-state index contributed by atoms with van der Waals surface area (Å²) in [7, 11) is 3.19. The van der Waals surface area contributed by atoms with E-state index < -0.39 is 6.61 Å². The van der Waals surface area contributed by atoms with Crippen LogP contribution in [0.25, 0.3) is 0 Å². The van der Waals surface area contributed by atoms with Crippen molar-refractivity contribution in [3.05, 3.63) is 0 Å². The van der Waals surface area contributed by atoms with E-state index in [1.165, 1.54) is 4.90 Å². The fraction of sp³-hybridized carbons (Fsp3) is 0.750. The summed E-state index contributed by atoms with van der Waals surface area (Å²) in [5.74, 6) is -0.264. The molecular weight excluding hydrogens is 130 g/mol. The molecule has 1 amide bonds. The molecule has 0 aromatic heterocycles. The molecule has 0 saturated heterocycles. The number of carbonyl (C=O) groups is 1. The van der Waals surface area contributed by atoms with E-state index in [-0.39, 0.29) is 18.3 Å². The van der Waals surface area contributed by atoms with Gasteiger partial charge in [-0.25, -0.2) is 0 Å². The number of amides is 1. The van der Waals surface area contributed by atoms with Gasteiger partial charge in [-0.1, -0.05) is 0 Å². The molecule has 0 aliphatic rings. The SMILES string of the molecule is CN(C)C(=O)CO.Cl. The van der Waals surface area contributed by atoms with E-state index in [0.717, 1.165) is 0 Å². The van der Waals surface area contributed by atoms with E-state index >= 15 is 0 Å². The molecular formula is C4H10ClNO2. The lowest BCUT2D eigenvalue weighted by Gasteiger charge is -2.05. The number of carbonyl (C=O) groups excluding carboxylic acids is 1. The zero-order valence-electron chi connectivity index (χ0n) is 4.92. The Morgan fingerprint density at radius 1 is 1.62 bits per heavy atom. The van der Waals surface area contributed by atoms with Gasteiger partial charge in [0.15, 0.2) is 0 Å².